The topological polar surface area (TPSA) is 78.9 Å². The maximum atomic E-state index is 12.9. The number of amides is 2. The van der Waals surface area contributed by atoms with E-state index in [0.29, 0.717) is 6.54 Å². The molecule has 25 heavy (non-hydrogen) atoms. The summed E-state index contributed by atoms with van der Waals surface area (Å²) in [6.07, 6.45) is -0.622. The van der Waals surface area contributed by atoms with Gasteiger partial charge in [0.15, 0.2) is 0 Å². The van der Waals surface area contributed by atoms with Gasteiger partial charge in [-0.15, -0.1) is 0 Å². The number of aliphatic hydroxyl groups is 1. The molecule has 140 valence electrons. The maximum absolute atomic E-state index is 12.9. The first kappa shape index (κ1) is 21.0. The van der Waals surface area contributed by atoms with Gasteiger partial charge in [0.1, 0.15) is 11.6 Å². The van der Waals surface area contributed by atoms with E-state index in [-0.39, 0.29) is 25.0 Å². The number of nitrogens with zero attached hydrogens (tertiary/aromatic N) is 1. The molecule has 0 radical (unpaired) electrons. The van der Waals surface area contributed by atoms with Gasteiger partial charge in [0.2, 0.25) is 5.91 Å². The summed E-state index contributed by atoms with van der Waals surface area (Å²) in [6.45, 7) is 9.46. The van der Waals surface area contributed by atoms with E-state index in [2.05, 4.69) is 5.32 Å². The number of alkyl carbamates (subject to hydrolysis) is 1. The number of rotatable bonds is 7. The molecule has 0 saturated carbocycles. The van der Waals surface area contributed by atoms with E-state index in [1.807, 2.05) is 44.2 Å². The lowest BCUT2D eigenvalue weighted by Crippen LogP contribution is -2.52. The van der Waals surface area contributed by atoms with E-state index in [4.69, 9.17) is 4.74 Å². The van der Waals surface area contributed by atoms with Crippen molar-refractivity contribution in [2.24, 2.45) is 5.92 Å². The fourth-order valence-corrected chi connectivity index (χ4v) is 2.34. The Morgan fingerprint density at radius 1 is 1.20 bits per heavy atom. The number of hydrogen-bond donors (Lipinski definition) is 2. The van der Waals surface area contributed by atoms with Gasteiger partial charge in [-0.1, -0.05) is 44.2 Å². The molecule has 0 saturated heterocycles. The predicted octanol–water partition coefficient (Wildman–Crippen LogP) is 2.56. The van der Waals surface area contributed by atoms with E-state index in [1.54, 1.807) is 25.7 Å². The Kier molecular flexibility index (Phi) is 7.90. The molecular weight excluding hydrogens is 320 g/mol. The SMILES string of the molecule is CC(C)C(NC(=O)OC(C)(C)C)C(=O)N(CCO)Cc1ccccc1. The van der Waals surface area contributed by atoms with E-state index in [9.17, 15) is 14.7 Å². The molecule has 6 heteroatoms. The number of ether oxygens (including phenoxy) is 1. The molecule has 0 aromatic heterocycles. The third-order valence-electron chi connectivity index (χ3n) is 3.50. The lowest BCUT2D eigenvalue weighted by Gasteiger charge is -2.30. The van der Waals surface area contributed by atoms with Crippen molar-refractivity contribution in [3.05, 3.63) is 35.9 Å². The van der Waals surface area contributed by atoms with Crippen molar-refractivity contribution in [3.63, 3.8) is 0 Å². The first-order chi connectivity index (χ1) is 11.6. The molecule has 0 aliphatic rings. The van der Waals surface area contributed by atoms with Crippen LogP contribution in [0.25, 0.3) is 0 Å². The van der Waals surface area contributed by atoms with Crippen LogP contribution in [0.3, 0.4) is 0 Å². The molecule has 1 rings (SSSR count). The third-order valence-corrected chi connectivity index (χ3v) is 3.50. The average Bonchev–Trinajstić information content (AvgIpc) is 2.50. The van der Waals surface area contributed by atoms with Crippen LogP contribution < -0.4 is 5.32 Å². The Morgan fingerprint density at radius 3 is 2.28 bits per heavy atom. The summed E-state index contributed by atoms with van der Waals surface area (Å²) in [5.74, 6) is -0.351. The van der Waals surface area contributed by atoms with Crippen LogP contribution in [-0.4, -0.2) is 46.8 Å². The van der Waals surface area contributed by atoms with Crippen LogP contribution in [0.2, 0.25) is 0 Å². The molecule has 2 amide bonds. The maximum Gasteiger partial charge on any atom is 0.408 e. The van der Waals surface area contributed by atoms with Gasteiger partial charge < -0.3 is 20.1 Å². The first-order valence-corrected chi connectivity index (χ1v) is 8.57. The summed E-state index contributed by atoms with van der Waals surface area (Å²) in [4.78, 5) is 26.5. The third kappa shape index (κ3) is 7.56. The second-order valence-electron chi connectivity index (χ2n) is 7.34. The van der Waals surface area contributed by atoms with E-state index < -0.39 is 17.7 Å². The molecule has 1 aromatic rings. The smallest absolute Gasteiger partial charge is 0.408 e. The van der Waals surface area contributed by atoms with Gasteiger partial charge in [0.25, 0.3) is 0 Å². The summed E-state index contributed by atoms with van der Waals surface area (Å²) in [5, 5.41) is 12.0. The largest absolute Gasteiger partial charge is 0.444 e. The van der Waals surface area contributed by atoms with Gasteiger partial charge in [-0.25, -0.2) is 4.79 Å². The minimum absolute atomic E-state index is 0.114. The number of nitrogens with one attached hydrogen (secondary N) is 1. The van der Waals surface area contributed by atoms with Crippen molar-refractivity contribution in [1.29, 1.82) is 0 Å². The first-order valence-electron chi connectivity index (χ1n) is 8.57. The zero-order valence-corrected chi connectivity index (χ0v) is 15.8. The van der Waals surface area contributed by atoms with Gasteiger partial charge in [-0.3, -0.25) is 4.79 Å². The molecular formula is C19H30N2O4. The summed E-state index contributed by atoms with van der Waals surface area (Å²) in [6, 6.07) is 8.83. The van der Waals surface area contributed by atoms with E-state index in [0.717, 1.165) is 5.56 Å². The molecule has 2 N–H and O–H groups in total. The highest BCUT2D eigenvalue weighted by atomic mass is 16.6. The fourth-order valence-electron chi connectivity index (χ4n) is 2.34. The van der Waals surface area contributed by atoms with Crippen LogP contribution in [0.4, 0.5) is 4.79 Å². The normalized spacial score (nSPS) is 12.6. The number of carbonyl (C=O) groups is 2. The zero-order valence-electron chi connectivity index (χ0n) is 15.8. The van der Waals surface area contributed by atoms with Gasteiger partial charge in [-0.05, 0) is 32.3 Å². The van der Waals surface area contributed by atoms with Gasteiger partial charge in [0.05, 0.1) is 6.61 Å². The highest BCUT2D eigenvalue weighted by Gasteiger charge is 2.30. The van der Waals surface area contributed by atoms with Crippen molar-refractivity contribution < 1.29 is 19.4 Å². The van der Waals surface area contributed by atoms with Gasteiger partial charge in [-0.2, -0.15) is 0 Å². The summed E-state index contributed by atoms with van der Waals surface area (Å²) in [7, 11) is 0. The quantitative estimate of drug-likeness (QED) is 0.792. The molecule has 1 atom stereocenters. The van der Waals surface area contributed by atoms with Crippen LogP contribution in [-0.2, 0) is 16.1 Å². The molecule has 1 aromatic carbocycles. The lowest BCUT2D eigenvalue weighted by atomic mass is 10.0. The Hall–Kier alpha value is -2.08. The van der Waals surface area contributed by atoms with Crippen molar-refractivity contribution in [2.45, 2.75) is 52.8 Å². The lowest BCUT2D eigenvalue weighted by molar-refractivity contribution is -0.135. The number of hydrogen-bond acceptors (Lipinski definition) is 4. The van der Waals surface area contributed by atoms with Gasteiger partial charge in [0, 0.05) is 13.1 Å². The van der Waals surface area contributed by atoms with Crippen molar-refractivity contribution in [1.82, 2.24) is 10.2 Å². The number of carbonyl (C=O) groups excluding carboxylic acids is 2. The van der Waals surface area contributed by atoms with Gasteiger partial charge >= 0.3 is 6.09 Å². The molecule has 0 heterocycles. The molecule has 0 aliphatic carbocycles. The fraction of sp³-hybridized carbons (Fsp3) is 0.579. The van der Waals surface area contributed by atoms with Crippen molar-refractivity contribution in [3.8, 4) is 0 Å². The molecule has 0 fully saturated rings. The Bertz CT molecular complexity index is 552. The zero-order chi connectivity index (χ0) is 19.0. The minimum atomic E-state index is -0.717. The van der Waals surface area contributed by atoms with E-state index >= 15 is 0 Å². The minimum Gasteiger partial charge on any atom is -0.444 e. The monoisotopic (exact) mass is 350 g/mol. The van der Waals surface area contributed by atoms with Crippen molar-refractivity contribution in [2.75, 3.05) is 13.2 Å². The predicted molar refractivity (Wildman–Crippen MR) is 96.9 cm³/mol. The summed E-state index contributed by atoms with van der Waals surface area (Å²) in [5.41, 5.74) is 0.327. The molecule has 6 nitrogen and oxygen atoms in total. The second-order valence-corrected chi connectivity index (χ2v) is 7.34. The second kappa shape index (κ2) is 9.42. The highest BCUT2D eigenvalue weighted by molar-refractivity contribution is 5.86. The van der Waals surface area contributed by atoms with Crippen LogP contribution in [0.1, 0.15) is 40.2 Å². The molecule has 0 bridgehead atoms. The Labute approximate surface area is 150 Å². The number of aliphatic hydroxyl groups excluding tert-OH is 1. The van der Waals surface area contributed by atoms with Crippen LogP contribution >= 0.6 is 0 Å². The van der Waals surface area contributed by atoms with Crippen LogP contribution in [0.5, 0.6) is 0 Å². The van der Waals surface area contributed by atoms with E-state index in [1.165, 1.54) is 0 Å². The Balaban J connectivity index is 2.87. The summed E-state index contributed by atoms with van der Waals surface area (Å²) >= 11 is 0. The Morgan fingerprint density at radius 2 is 1.80 bits per heavy atom. The van der Waals surface area contributed by atoms with Crippen LogP contribution in [0, 0.1) is 5.92 Å². The number of benzene rings is 1. The van der Waals surface area contributed by atoms with Crippen LogP contribution in [0.15, 0.2) is 30.3 Å². The molecule has 0 spiro atoms. The van der Waals surface area contributed by atoms with Crippen molar-refractivity contribution >= 4 is 12.0 Å². The standard InChI is InChI=1S/C19H30N2O4/c1-14(2)16(20-18(24)25-19(3,4)5)17(23)21(11-12-22)13-15-9-7-6-8-10-15/h6-10,14,16,22H,11-13H2,1-5H3,(H,20,24). The highest BCUT2D eigenvalue weighted by Crippen LogP contribution is 2.13. The summed E-state index contributed by atoms with van der Waals surface area (Å²) < 4.78 is 5.26. The average molecular weight is 350 g/mol. The molecule has 1 unspecified atom stereocenters. The molecule has 0 aliphatic heterocycles.